The molecule has 0 bridgehead atoms. The zero-order chi connectivity index (χ0) is 14.8. The Bertz CT molecular complexity index is 687. The van der Waals surface area contributed by atoms with Gasteiger partial charge in [0.15, 0.2) is 0 Å². The highest BCUT2D eigenvalue weighted by Gasteiger charge is 2.22. The number of hydrogen-bond donors (Lipinski definition) is 1. The normalized spacial score (nSPS) is 14.0. The molecule has 0 saturated heterocycles. The number of carbonyl (C=O) groups is 1. The van der Waals surface area contributed by atoms with Crippen LogP contribution >= 0.6 is 15.9 Å². The number of benzene rings is 2. The Balaban J connectivity index is 2.16. The zero-order valence-electron chi connectivity index (χ0n) is 11.3. The highest BCUT2D eigenvalue weighted by Crippen LogP contribution is 2.38. The first-order valence-corrected chi connectivity index (χ1v) is 7.48. The topological polar surface area (TPSA) is 49.8 Å². The first-order chi connectivity index (χ1) is 10.2. The van der Waals surface area contributed by atoms with Crippen LogP contribution in [0.4, 0.5) is 11.4 Å². The van der Waals surface area contributed by atoms with E-state index in [1.165, 1.54) is 0 Å². The van der Waals surface area contributed by atoms with Gasteiger partial charge in [-0.2, -0.15) is 0 Å². The van der Waals surface area contributed by atoms with Gasteiger partial charge in [0, 0.05) is 11.0 Å². The minimum atomic E-state index is -0.930. The molecule has 0 unspecified atom stereocenters. The van der Waals surface area contributed by atoms with Gasteiger partial charge >= 0.3 is 5.97 Å². The highest BCUT2D eigenvalue weighted by atomic mass is 79.9. The number of hydrogen-bond acceptors (Lipinski definition) is 3. The number of carboxylic acids is 1. The van der Waals surface area contributed by atoms with Crippen molar-refractivity contribution in [3.63, 3.8) is 0 Å². The first-order valence-electron chi connectivity index (χ1n) is 6.69. The van der Waals surface area contributed by atoms with Crippen LogP contribution in [0, 0.1) is 0 Å². The molecule has 0 amide bonds. The summed E-state index contributed by atoms with van der Waals surface area (Å²) in [6.07, 6.45) is 0.834. The Hall–Kier alpha value is -2.01. The van der Waals surface area contributed by atoms with E-state index < -0.39 is 5.97 Å². The molecule has 0 spiro atoms. The molecule has 21 heavy (non-hydrogen) atoms. The summed E-state index contributed by atoms with van der Waals surface area (Å²) >= 11 is 3.42. The van der Waals surface area contributed by atoms with Gasteiger partial charge in [-0.1, -0.05) is 28.1 Å². The largest absolute Gasteiger partial charge is 0.491 e. The van der Waals surface area contributed by atoms with Crippen molar-refractivity contribution < 1.29 is 14.6 Å². The molecule has 1 N–H and O–H groups in total. The summed E-state index contributed by atoms with van der Waals surface area (Å²) in [6, 6.07) is 12.9. The van der Waals surface area contributed by atoms with Gasteiger partial charge in [0.1, 0.15) is 5.75 Å². The van der Waals surface area contributed by atoms with Gasteiger partial charge in [-0.15, -0.1) is 0 Å². The van der Waals surface area contributed by atoms with Crippen molar-refractivity contribution in [1.29, 1.82) is 0 Å². The SMILES string of the molecule is O=C(O)c1ccc(Br)cc1N1CCCOc2ccccc21. The fourth-order valence-corrected chi connectivity index (χ4v) is 2.84. The molecule has 1 heterocycles. The summed E-state index contributed by atoms with van der Waals surface area (Å²) in [5.41, 5.74) is 1.86. The van der Waals surface area contributed by atoms with Crippen LogP contribution in [0.15, 0.2) is 46.9 Å². The average molecular weight is 348 g/mol. The van der Waals surface area contributed by atoms with Crippen LogP contribution < -0.4 is 9.64 Å². The molecule has 0 aliphatic carbocycles. The second kappa shape index (κ2) is 5.77. The van der Waals surface area contributed by atoms with E-state index in [2.05, 4.69) is 15.9 Å². The van der Waals surface area contributed by atoms with Gasteiger partial charge in [0.05, 0.1) is 23.5 Å². The molecular weight excluding hydrogens is 334 g/mol. The number of anilines is 2. The maximum atomic E-state index is 11.5. The Kier molecular flexibility index (Phi) is 3.84. The molecule has 2 aromatic rings. The monoisotopic (exact) mass is 347 g/mol. The molecule has 0 aromatic heterocycles. The number of ether oxygens (including phenoxy) is 1. The van der Waals surface area contributed by atoms with Crippen LogP contribution in [0.2, 0.25) is 0 Å². The van der Waals surface area contributed by atoms with Crippen LogP contribution in [0.1, 0.15) is 16.8 Å². The summed E-state index contributed by atoms with van der Waals surface area (Å²) in [5.74, 6) is -0.147. The minimum Gasteiger partial charge on any atom is -0.491 e. The zero-order valence-corrected chi connectivity index (χ0v) is 12.8. The third kappa shape index (κ3) is 2.74. The van der Waals surface area contributed by atoms with Crippen molar-refractivity contribution in [2.45, 2.75) is 6.42 Å². The highest BCUT2D eigenvalue weighted by molar-refractivity contribution is 9.10. The minimum absolute atomic E-state index is 0.287. The lowest BCUT2D eigenvalue weighted by atomic mass is 10.1. The third-order valence-corrected chi connectivity index (χ3v) is 3.91. The second-order valence-electron chi connectivity index (χ2n) is 4.79. The summed E-state index contributed by atoms with van der Waals surface area (Å²) in [4.78, 5) is 13.5. The molecule has 2 aromatic carbocycles. The van der Waals surface area contributed by atoms with Crippen molar-refractivity contribution in [2.75, 3.05) is 18.1 Å². The van der Waals surface area contributed by atoms with Crippen LogP contribution in [0.25, 0.3) is 0 Å². The summed E-state index contributed by atoms with van der Waals surface area (Å²) in [7, 11) is 0. The smallest absolute Gasteiger partial charge is 0.337 e. The van der Waals surface area contributed by atoms with Crippen molar-refractivity contribution in [3.05, 3.63) is 52.5 Å². The number of para-hydroxylation sites is 2. The van der Waals surface area contributed by atoms with E-state index in [9.17, 15) is 9.90 Å². The molecule has 0 saturated carbocycles. The number of fused-ring (bicyclic) bond motifs is 1. The number of nitrogens with zero attached hydrogens (tertiary/aromatic N) is 1. The van der Waals surface area contributed by atoms with E-state index >= 15 is 0 Å². The Morgan fingerprint density at radius 2 is 2.00 bits per heavy atom. The Labute approximate surface area is 131 Å². The fraction of sp³-hybridized carbons (Fsp3) is 0.188. The maximum absolute atomic E-state index is 11.5. The molecule has 0 fully saturated rings. The van der Waals surface area contributed by atoms with Crippen LogP contribution in [0.5, 0.6) is 5.75 Å². The van der Waals surface area contributed by atoms with Crippen molar-refractivity contribution >= 4 is 33.3 Å². The summed E-state index contributed by atoms with van der Waals surface area (Å²) in [5, 5.41) is 9.43. The van der Waals surface area contributed by atoms with Crippen molar-refractivity contribution in [3.8, 4) is 5.75 Å². The van der Waals surface area contributed by atoms with E-state index in [0.717, 1.165) is 22.3 Å². The van der Waals surface area contributed by atoms with Gasteiger partial charge in [-0.3, -0.25) is 0 Å². The maximum Gasteiger partial charge on any atom is 0.337 e. The van der Waals surface area contributed by atoms with Crippen molar-refractivity contribution in [2.24, 2.45) is 0 Å². The van der Waals surface area contributed by atoms with Crippen LogP contribution in [-0.4, -0.2) is 24.2 Å². The van der Waals surface area contributed by atoms with E-state index in [-0.39, 0.29) is 5.56 Å². The van der Waals surface area contributed by atoms with Gasteiger partial charge in [0.2, 0.25) is 0 Å². The quantitative estimate of drug-likeness (QED) is 0.889. The van der Waals surface area contributed by atoms with Gasteiger partial charge in [0.25, 0.3) is 0 Å². The number of aromatic carboxylic acids is 1. The van der Waals surface area contributed by atoms with Gasteiger partial charge < -0.3 is 14.7 Å². The Morgan fingerprint density at radius 3 is 2.81 bits per heavy atom. The predicted octanol–water partition coefficient (Wildman–Crippen LogP) is 4.07. The summed E-state index contributed by atoms with van der Waals surface area (Å²) < 4.78 is 6.58. The lowest BCUT2D eigenvalue weighted by Crippen LogP contribution is -2.20. The number of halogens is 1. The second-order valence-corrected chi connectivity index (χ2v) is 5.70. The molecular formula is C16H14BrNO3. The molecule has 108 valence electrons. The van der Waals surface area contributed by atoms with Crippen LogP contribution in [-0.2, 0) is 0 Å². The van der Waals surface area contributed by atoms with E-state index in [1.807, 2.05) is 35.2 Å². The predicted molar refractivity (Wildman–Crippen MR) is 84.7 cm³/mol. The number of rotatable bonds is 2. The average Bonchev–Trinajstić information content (AvgIpc) is 2.69. The van der Waals surface area contributed by atoms with Gasteiger partial charge in [-0.05, 0) is 36.8 Å². The van der Waals surface area contributed by atoms with E-state index in [1.54, 1.807) is 12.1 Å². The standard InChI is InChI=1S/C16H14BrNO3/c17-11-6-7-12(16(19)20)14(10-11)18-8-3-9-21-15-5-2-1-4-13(15)18/h1-2,4-7,10H,3,8-9H2,(H,19,20). The van der Waals surface area contributed by atoms with E-state index in [4.69, 9.17) is 4.74 Å². The Morgan fingerprint density at radius 1 is 1.19 bits per heavy atom. The third-order valence-electron chi connectivity index (χ3n) is 3.42. The molecule has 1 aliphatic rings. The molecule has 3 rings (SSSR count). The molecule has 5 heteroatoms. The first kappa shape index (κ1) is 13.9. The fourth-order valence-electron chi connectivity index (χ4n) is 2.49. The van der Waals surface area contributed by atoms with E-state index in [0.29, 0.717) is 18.8 Å². The lowest BCUT2D eigenvalue weighted by molar-refractivity contribution is 0.0697. The summed E-state index contributed by atoms with van der Waals surface area (Å²) in [6.45, 7) is 1.34. The van der Waals surface area contributed by atoms with Gasteiger partial charge in [-0.25, -0.2) is 4.79 Å². The molecule has 0 atom stereocenters. The van der Waals surface area contributed by atoms with Crippen LogP contribution in [0.3, 0.4) is 0 Å². The molecule has 1 aliphatic heterocycles. The number of carboxylic acid groups (broad SMARTS) is 1. The molecule has 0 radical (unpaired) electrons. The molecule has 4 nitrogen and oxygen atoms in total. The lowest BCUT2D eigenvalue weighted by Gasteiger charge is -2.25. The van der Waals surface area contributed by atoms with Crippen molar-refractivity contribution in [1.82, 2.24) is 0 Å².